The quantitative estimate of drug-likeness (QED) is 0.361. The van der Waals surface area contributed by atoms with Crippen molar-refractivity contribution in [1.29, 1.82) is 0 Å². The molecule has 1 unspecified atom stereocenters. The summed E-state index contributed by atoms with van der Waals surface area (Å²) >= 11 is 0. The van der Waals surface area contributed by atoms with Crippen molar-refractivity contribution in [3.8, 4) is 5.75 Å². The number of para-hydroxylation sites is 4. The molecule has 4 aromatic rings. The van der Waals surface area contributed by atoms with E-state index in [-0.39, 0.29) is 24.4 Å². The van der Waals surface area contributed by atoms with Crippen LogP contribution in [0.25, 0.3) is 11.0 Å². The van der Waals surface area contributed by atoms with Crippen LogP contribution in [0.15, 0.2) is 85.2 Å². The zero-order valence-corrected chi connectivity index (χ0v) is 21.0. The van der Waals surface area contributed by atoms with E-state index in [2.05, 4.69) is 10.3 Å². The van der Waals surface area contributed by atoms with E-state index in [0.717, 1.165) is 42.3 Å². The van der Waals surface area contributed by atoms with Crippen LogP contribution in [-0.2, 0) is 16.1 Å². The maximum absolute atomic E-state index is 14.2. The first kappa shape index (κ1) is 24.6. The van der Waals surface area contributed by atoms with Gasteiger partial charge in [0, 0.05) is 6.04 Å². The minimum absolute atomic E-state index is 0.0264. The molecule has 2 amide bonds. The van der Waals surface area contributed by atoms with Crippen LogP contribution < -0.4 is 15.0 Å². The highest BCUT2D eigenvalue weighted by Crippen LogP contribution is 2.35. The molecule has 1 atom stereocenters. The van der Waals surface area contributed by atoms with Gasteiger partial charge in [-0.2, -0.15) is 0 Å². The average molecular weight is 497 g/mol. The highest BCUT2D eigenvalue weighted by molar-refractivity contribution is 6.02. The Labute approximate surface area is 217 Å². The second-order valence-electron chi connectivity index (χ2n) is 9.45. The molecule has 37 heavy (non-hydrogen) atoms. The van der Waals surface area contributed by atoms with Gasteiger partial charge in [0.15, 0.2) is 0 Å². The van der Waals surface area contributed by atoms with E-state index in [9.17, 15) is 9.59 Å². The Morgan fingerprint density at radius 2 is 1.68 bits per heavy atom. The molecule has 1 heterocycles. The molecule has 0 spiro atoms. The molecule has 0 radical (unpaired) electrons. The van der Waals surface area contributed by atoms with E-state index >= 15 is 0 Å². The number of rotatable bonds is 8. The van der Waals surface area contributed by atoms with Crippen molar-refractivity contribution in [2.45, 2.75) is 50.7 Å². The molecule has 7 heteroatoms. The Kier molecular flexibility index (Phi) is 7.49. The standard InChI is InChI=1S/C30H32N4O3/c1-37-27-19-11-10-18-26(27)34(28(35)20-33-21-31-24-16-8-9-17-25(24)33)29(22-12-4-2-5-13-22)30(36)32-23-14-6-3-7-15-23/h2,4-5,8-13,16-19,21,23,29H,3,6-7,14-15,20H2,1H3,(H,32,36). The second-order valence-corrected chi connectivity index (χ2v) is 9.45. The van der Waals surface area contributed by atoms with Gasteiger partial charge in [0.25, 0.3) is 0 Å². The summed E-state index contributed by atoms with van der Waals surface area (Å²) < 4.78 is 7.47. The van der Waals surface area contributed by atoms with Crippen molar-refractivity contribution in [1.82, 2.24) is 14.9 Å². The normalized spacial score (nSPS) is 14.7. The van der Waals surface area contributed by atoms with Crippen molar-refractivity contribution < 1.29 is 14.3 Å². The number of hydrogen-bond donors (Lipinski definition) is 1. The predicted molar refractivity (Wildman–Crippen MR) is 144 cm³/mol. The van der Waals surface area contributed by atoms with Gasteiger partial charge in [-0.15, -0.1) is 0 Å². The first-order valence-electron chi connectivity index (χ1n) is 12.9. The number of aromatic nitrogens is 2. The third-order valence-electron chi connectivity index (χ3n) is 7.02. The van der Waals surface area contributed by atoms with Crippen LogP contribution in [0.1, 0.15) is 43.7 Å². The number of fused-ring (bicyclic) bond motifs is 1. The molecule has 1 N–H and O–H groups in total. The number of methoxy groups -OCH3 is 1. The van der Waals surface area contributed by atoms with Gasteiger partial charge >= 0.3 is 0 Å². The van der Waals surface area contributed by atoms with Gasteiger partial charge in [-0.05, 0) is 42.7 Å². The fourth-order valence-electron chi connectivity index (χ4n) is 5.18. The van der Waals surface area contributed by atoms with Crippen LogP contribution in [0.2, 0.25) is 0 Å². The number of amides is 2. The SMILES string of the molecule is COc1ccccc1N(C(=O)Cn1cnc2ccccc21)C(C(=O)NC1CCCCC1)c1ccccc1. The van der Waals surface area contributed by atoms with E-state index in [4.69, 9.17) is 4.74 Å². The number of ether oxygens (including phenoxy) is 1. The Hall–Kier alpha value is -4.13. The van der Waals surface area contributed by atoms with Gasteiger partial charge in [0.05, 0.1) is 30.2 Å². The summed E-state index contributed by atoms with van der Waals surface area (Å²) in [6.45, 7) is 0.0264. The maximum Gasteiger partial charge on any atom is 0.248 e. The van der Waals surface area contributed by atoms with Crippen LogP contribution in [0.4, 0.5) is 5.69 Å². The fraction of sp³-hybridized carbons (Fsp3) is 0.300. The number of nitrogens with one attached hydrogen (secondary N) is 1. The lowest BCUT2D eigenvalue weighted by molar-refractivity contribution is -0.127. The van der Waals surface area contributed by atoms with Crippen LogP contribution >= 0.6 is 0 Å². The number of benzene rings is 3. The van der Waals surface area contributed by atoms with E-state index in [1.54, 1.807) is 18.3 Å². The smallest absolute Gasteiger partial charge is 0.248 e. The van der Waals surface area contributed by atoms with E-state index in [1.165, 1.54) is 6.42 Å². The monoisotopic (exact) mass is 496 g/mol. The molecule has 0 saturated heterocycles. The van der Waals surface area contributed by atoms with E-state index in [1.807, 2.05) is 83.4 Å². The lowest BCUT2D eigenvalue weighted by Crippen LogP contribution is -2.48. The number of carbonyl (C=O) groups excluding carboxylic acids is 2. The zero-order valence-electron chi connectivity index (χ0n) is 21.0. The summed E-state index contributed by atoms with van der Waals surface area (Å²) in [6.07, 6.45) is 6.98. The summed E-state index contributed by atoms with van der Waals surface area (Å²) in [5, 5.41) is 3.26. The Morgan fingerprint density at radius 1 is 0.973 bits per heavy atom. The number of hydrogen-bond acceptors (Lipinski definition) is 4. The highest BCUT2D eigenvalue weighted by Gasteiger charge is 2.35. The third-order valence-corrected chi connectivity index (χ3v) is 7.02. The minimum Gasteiger partial charge on any atom is -0.495 e. The molecule has 190 valence electrons. The molecular formula is C30H32N4O3. The van der Waals surface area contributed by atoms with Gasteiger partial charge in [0.2, 0.25) is 11.8 Å². The first-order valence-corrected chi connectivity index (χ1v) is 12.9. The van der Waals surface area contributed by atoms with Crippen molar-refractivity contribution in [2.75, 3.05) is 12.0 Å². The summed E-state index contributed by atoms with van der Waals surface area (Å²) in [5.41, 5.74) is 2.96. The minimum atomic E-state index is -0.860. The highest BCUT2D eigenvalue weighted by atomic mass is 16.5. The van der Waals surface area contributed by atoms with Gasteiger partial charge < -0.3 is 14.6 Å². The van der Waals surface area contributed by atoms with Gasteiger partial charge in [-0.25, -0.2) is 4.98 Å². The summed E-state index contributed by atoms with van der Waals surface area (Å²) in [7, 11) is 1.57. The summed E-state index contributed by atoms with van der Waals surface area (Å²) in [6, 6.07) is 23.8. The molecule has 3 aromatic carbocycles. The molecule has 0 aliphatic heterocycles. The zero-order chi connectivity index (χ0) is 25.6. The van der Waals surface area contributed by atoms with Crippen LogP contribution in [-0.4, -0.2) is 34.5 Å². The van der Waals surface area contributed by atoms with Crippen molar-refractivity contribution in [2.24, 2.45) is 0 Å². The summed E-state index contributed by atoms with van der Waals surface area (Å²) in [5.74, 6) is 0.103. The Morgan fingerprint density at radius 3 is 2.46 bits per heavy atom. The van der Waals surface area contributed by atoms with Gasteiger partial charge in [-0.3, -0.25) is 14.5 Å². The van der Waals surface area contributed by atoms with Crippen LogP contribution in [0.5, 0.6) is 5.75 Å². The lowest BCUT2D eigenvalue weighted by atomic mass is 9.94. The summed E-state index contributed by atoms with van der Waals surface area (Å²) in [4.78, 5) is 34.2. The Balaban J connectivity index is 1.57. The molecular weight excluding hydrogens is 464 g/mol. The van der Waals surface area contributed by atoms with Crippen LogP contribution in [0.3, 0.4) is 0 Å². The molecule has 1 saturated carbocycles. The Bertz CT molecular complexity index is 1360. The molecule has 1 aromatic heterocycles. The number of imidazole rings is 1. The molecule has 7 nitrogen and oxygen atoms in total. The third kappa shape index (κ3) is 5.35. The lowest BCUT2D eigenvalue weighted by Gasteiger charge is -2.34. The number of carbonyl (C=O) groups is 2. The van der Waals surface area contributed by atoms with E-state index < -0.39 is 6.04 Å². The first-order chi connectivity index (χ1) is 18.2. The van der Waals surface area contributed by atoms with Gasteiger partial charge in [0.1, 0.15) is 18.3 Å². The van der Waals surface area contributed by atoms with Crippen molar-refractivity contribution in [3.63, 3.8) is 0 Å². The van der Waals surface area contributed by atoms with Crippen molar-refractivity contribution >= 4 is 28.5 Å². The topological polar surface area (TPSA) is 76.5 Å². The molecule has 0 bridgehead atoms. The molecule has 1 aliphatic carbocycles. The predicted octanol–water partition coefficient (Wildman–Crippen LogP) is 5.27. The fourth-order valence-corrected chi connectivity index (χ4v) is 5.18. The van der Waals surface area contributed by atoms with E-state index in [0.29, 0.717) is 11.4 Å². The number of anilines is 1. The number of nitrogens with zero attached hydrogens (tertiary/aromatic N) is 3. The molecule has 1 aliphatic rings. The maximum atomic E-state index is 14.2. The van der Waals surface area contributed by atoms with Gasteiger partial charge in [-0.1, -0.05) is 73.9 Å². The van der Waals surface area contributed by atoms with Crippen molar-refractivity contribution in [3.05, 3.63) is 90.8 Å². The average Bonchev–Trinajstić information content (AvgIpc) is 3.35. The second kappa shape index (κ2) is 11.3. The van der Waals surface area contributed by atoms with Crippen LogP contribution in [0, 0.1) is 0 Å². The molecule has 5 rings (SSSR count). The largest absolute Gasteiger partial charge is 0.495 e. The molecule has 1 fully saturated rings.